The average molecular weight is 391 g/mol. The zero-order valence-electron chi connectivity index (χ0n) is 15.7. The molecule has 0 unspecified atom stereocenters. The number of rotatable bonds is 5. The summed E-state index contributed by atoms with van der Waals surface area (Å²) in [7, 11) is 1.63. The minimum atomic E-state index is -0.116. The maximum atomic E-state index is 12.9. The summed E-state index contributed by atoms with van der Waals surface area (Å²) in [5, 5.41) is -0.222. The Balaban J connectivity index is 1.62. The number of amides is 1. The van der Waals surface area contributed by atoms with Crippen molar-refractivity contribution in [2.75, 3.05) is 12.0 Å². The summed E-state index contributed by atoms with van der Waals surface area (Å²) in [6.45, 7) is 1.95. The van der Waals surface area contributed by atoms with Crippen LogP contribution in [-0.4, -0.2) is 18.3 Å². The number of ether oxygens (including phenoxy) is 2. The molecule has 2 atom stereocenters. The van der Waals surface area contributed by atoms with Crippen molar-refractivity contribution < 1.29 is 14.3 Å². The number of hydrogen-bond acceptors (Lipinski definition) is 4. The van der Waals surface area contributed by atoms with Gasteiger partial charge in [0.25, 0.3) is 0 Å². The van der Waals surface area contributed by atoms with Crippen LogP contribution < -0.4 is 14.4 Å². The Morgan fingerprint density at radius 3 is 2.21 bits per heavy atom. The van der Waals surface area contributed by atoms with Gasteiger partial charge in [0.15, 0.2) is 0 Å². The lowest BCUT2D eigenvalue weighted by Gasteiger charge is -2.26. The van der Waals surface area contributed by atoms with Crippen LogP contribution >= 0.6 is 11.8 Å². The quantitative estimate of drug-likeness (QED) is 0.563. The molecule has 1 fully saturated rings. The van der Waals surface area contributed by atoms with Crippen LogP contribution in [-0.2, 0) is 4.79 Å². The van der Waals surface area contributed by atoms with Crippen LogP contribution in [0.15, 0.2) is 78.9 Å². The number of methoxy groups -OCH3 is 1. The number of carbonyl (C=O) groups is 1. The largest absolute Gasteiger partial charge is 0.495 e. The maximum Gasteiger partial charge on any atom is 0.241 e. The van der Waals surface area contributed by atoms with E-state index in [4.69, 9.17) is 9.47 Å². The molecular formula is C23H21NO3S. The first-order valence-electron chi connectivity index (χ1n) is 9.12. The zero-order chi connectivity index (χ0) is 19.5. The summed E-state index contributed by atoms with van der Waals surface area (Å²) in [6.07, 6.45) is 0. The van der Waals surface area contributed by atoms with Gasteiger partial charge in [0.2, 0.25) is 5.91 Å². The average Bonchev–Trinajstić information content (AvgIpc) is 3.03. The van der Waals surface area contributed by atoms with E-state index in [1.54, 1.807) is 18.9 Å². The molecule has 0 bridgehead atoms. The van der Waals surface area contributed by atoms with Crippen molar-refractivity contribution in [3.63, 3.8) is 0 Å². The molecule has 1 aliphatic rings. The van der Waals surface area contributed by atoms with Crippen LogP contribution in [0.3, 0.4) is 0 Å². The van der Waals surface area contributed by atoms with Gasteiger partial charge in [-0.3, -0.25) is 9.69 Å². The highest BCUT2D eigenvalue weighted by Crippen LogP contribution is 2.48. The minimum absolute atomic E-state index is 0.0871. The van der Waals surface area contributed by atoms with Crippen LogP contribution in [0.4, 0.5) is 5.69 Å². The van der Waals surface area contributed by atoms with Gasteiger partial charge >= 0.3 is 0 Å². The number of benzene rings is 3. The number of para-hydroxylation sites is 3. The van der Waals surface area contributed by atoms with E-state index < -0.39 is 0 Å². The lowest BCUT2D eigenvalue weighted by molar-refractivity contribution is -0.117. The van der Waals surface area contributed by atoms with Gasteiger partial charge in [0, 0.05) is 0 Å². The summed E-state index contributed by atoms with van der Waals surface area (Å²) in [5.41, 5.74) is 1.84. The second kappa shape index (κ2) is 7.98. The standard InChI is InChI=1S/C23H21NO3S/c1-16-22(25)24(20-10-6-7-11-21(20)26-2)23(28-16)17-12-14-19(15-13-17)27-18-8-4-3-5-9-18/h3-16,23H,1-2H3/t16-,23+/m0/s1. The molecule has 4 rings (SSSR count). The smallest absolute Gasteiger partial charge is 0.241 e. The normalized spacial score (nSPS) is 18.9. The highest BCUT2D eigenvalue weighted by Gasteiger charge is 2.40. The molecule has 1 aliphatic heterocycles. The van der Waals surface area contributed by atoms with E-state index in [-0.39, 0.29) is 16.5 Å². The van der Waals surface area contributed by atoms with Crippen molar-refractivity contribution in [2.45, 2.75) is 17.5 Å². The lowest BCUT2D eigenvalue weighted by atomic mass is 10.1. The van der Waals surface area contributed by atoms with E-state index in [1.807, 2.05) is 90.7 Å². The van der Waals surface area contributed by atoms with Gasteiger partial charge in [0.05, 0.1) is 18.0 Å². The van der Waals surface area contributed by atoms with Crippen molar-refractivity contribution in [1.82, 2.24) is 0 Å². The van der Waals surface area contributed by atoms with E-state index in [0.717, 1.165) is 22.7 Å². The summed E-state index contributed by atoms with van der Waals surface area (Å²) >= 11 is 1.64. The van der Waals surface area contributed by atoms with Gasteiger partial charge in [0.1, 0.15) is 22.6 Å². The molecule has 4 nitrogen and oxygen atoms in total. The van der Waals surface area contributed by atoms with Crippen molar-refractivity contribution in [3.05, 3.63) is 84.4 Å². The lowest BCUT2D eigenvalue weighted by Crippen LogP contribution is -2.30. The van der Waals surface area contributed by atoms with E-state index in [2.05, 4.69) is 0 Å². The molecule has 5 heteroatoms. The van der Waals surface area contributed by atoms with Gasteiger partial charge in [-0.05, 0) is 48.9 Å². The number of anilines is 1. The molecule has 0 spiro atoms. The van der Waals surface area contributed by atoms with Gasteiger partial charge in [-0.1, -0.05) is 42.5 Å². The number of nitrogens with zero attached hydrogens (tertiary/aromatic N) is 1. The molecule has 0 radical (unpaired) electrons. The molecular weight excluding hydrogens is 370 g/mol. The summed E-state index contributed by atoms with van der Waals surface area (Å²) in [4.78, 5) is 14.7. The first-order chi connectivity index (χ1) is 13.7. The molecule has 1 amide bonds. The second-order valence-corrected chi connectivity index (χ2v) is 7.92. The second-order valence-electron chi connectivity index (χ2n) is 6.49. The Kier molecular flexibility index (Phi) is 5.26. The number of carbonyl (C=O) groups excluding carboxylic acids is 1. The third kappa shape index (κ3) is 3.58. The predicted molar refractivity (Wildman–Crippen MR) is 113 cm³/mol. The Hall–Kier alpha value is -2.92. The van der Waals surface area contributed by atoms with Crippen LogP contribution in [0.5, 0.6) is 17.2 Å². The van der Waals surface area contributed by atoms with Crippen molar-refractivity contribution >= 4 is 23.4 Å². The van der Waals surface area contributed by atoms with Crippen LogP contribution in [0.1, 0.15) is 17.9 Å². The molecule has 0 N–H and O–H groups in total. The monoisotopic (exact) mass is 391 g/mol. The highest BCUT2D eigenvalue weighted by atomic mass is 32.2. The summed E-state index contributed by atoms with van der Waals surface area (Å²) in [6, 6.07) is 25.2. The third-order valence-electron chi connectivity index (χ3n) is 4.64. The molecule has 1 saturated heterocycles. The summed E-state index contributed by atoms with van der Waals surface area (Å²) < 4.78 is 11.4. The number of hydrogen-bond donors (Lipinski definition) is 0. The number of thioether (sulfide) groups is 1. The topological polar surface area (TPSA) is 38.8 Å². The van der Waals surface area contributed by atoms with Crippen LogP contribution in [0.25, 0.3) is 0 Å². The van der Waals surface area contributed by atoms with Gasteiger partial charge in [-0.15, -0.1) is 11.8 Å². The molecule has 0 aliphatic carbocycles. The van der Waals surface area contributed by atoms with Crippen molar-refractivity contribution in [3.8, 4) is 17.2 Å². The first kappa shape index (κ1) is 18.4. The van der Waals surface area contributed by atoms with Gasteiger partial charge in [-0.25, -0.2) is 0 Å². The van der Waals surface area contributed by atoms with Gasteiger partial charge in [-0.2, -0.15) is 0 Å². The predicted octanol–water partition coefficient (Wildman–Crippen LogP) is 5.65. The Bertz CT molecular complexity index is 959. The molecule has 1 heterocycles. The van der Waals surface area contributed by atoms with Crippen molar-refractivity contribution in [2.24, 2.45) is 0 Å². The molecule has 3 aromatic rings. The van der Waals surface area contributed by atoms with Crippen LogP contribution in [0, 0.1) is 0 Å². The van der Waals surface area contributed by atoms with E-state index in [0.29, 0.717) is 5.75 Å². The minimum Gasteiger partial charge on any atom is -0.495 e. The maximum absolute atomic E-state index is 12.9. The van der Waals surface area contributed by atoms with Crippen LogP contribution in [0.2, 0.25) is 0 Å². The first-order valence-corrected chi connectivity index (χ1v) is 10.1. The summed E-state index contributed by atoms with van der Waals surface area (Å²) in [5.74, 6) is 2.34. The fourth-order valence-corrected chi connectivity index (χ4v) is 4.52. The zero-order valence-corrected chi connectivity index (χ0v) is 16.6. The molecule has 0 saturated carbocycles. The van der Waals surface area contributed by atoms with E-state index >= 15 is 0 Å². The van der Waals surface area contributed by atoms with Gasteiger partial charge < -0.3 is 9.47 Å². The molecule has 3 aromatic carbocycles. The Morgan fingerprint density at radius 2 is 1.50 bits per heavy atom. The van der Waals surface area contributed by atoms with E-state index in [9.17, 15) is 4.79 Å². The highest BCUT2D eigenvalue weighted by molar-refractivity contribution is 8.01. The fraction of sp³-hybridized carbons (Fsp3) is 0.174. The van der Waals surface area contributed by atoms with Crippen molar-refractivity contribution in [1.29, 1.82) is 0 Å². The SMILES string of the molecule is COc1ccccc1N1C(=O)[C@H](C)S[C@@H]1c1ccc(Oc2ccccc2)cc1. The molecule has 0 aromatic heterocycles. The van der Waals surface area contributed by atoms with E-state index in [1.165, 1.54) is 0 Å². The molecule has 28 heavy (non-hydrogen) atoms. The third-order valence-corrected chi connectivity index (χ3v) is 5.99. The Labute approximate surface area is 169 Å². The fourth-order valence-electron chi connectivity index (χ4n) is 3.25. The molecule has 142 valence electrons. The Morgan fingerprint density at radius 1 is 0.857 bits per heavy atom.